The molecule has 0 N–H and O–H groups in total. The lowest BCUT2D eigenvalue weighted by Crippen LogP contribution is -2.48. The molecule has 35 heavy (non-hydrogen) atoms. The van der Waals surface area contributed by atoms with E-state index in [2.05, 4.69) is 6.07 Å². The number of ether oxygens (including phenoxy) is 1. The zero-order valence-corrected chi connectivity index (χ0v) is 19.6. The van der Waals surface area contributed by atoms with Crippen LogP contribution < -0.4 is 0 Å². The minimum Gasteiger partial charge on any atom is -0.465 e. The van der Waals surface area contributed by atoms with E-state index >= 15 is 0 Å². The van der Waals surface area contributed by atoms with E-state index in [-0.39, 0.29) is 31.0 Å². The lowest BCUT2D eigenvalue weighted by atomic mass is 9.56. The molecule has 1 aliphatic rings. The molecule has 1 aliphatic carbocycles. The molecule has 176 valence electrons. The highest BCUT2D eigenvalue weighted by Gasteiger charge is 2.55. The molecule has 0 unspecified atom stereocenters. The van der Waals surface area contributed by atoms with Crippen LogP contribution in [0.5, 0.6) is 0 Å². The van der Waals surface area contributed by atoms with Crippen molar-refractivity contribution in [2.24, 2.45) is 17.3 Å². The summed E-state index contributed by atoms with van der Waals surface area (Å²) in [5, 5.41) is 10.3. The molecule has 3 aromatic carbocycles. The van der Waals surface area contributed by atoms with E-state index in [1.165, 1.54) is 0 Å². The van der Waals surface area contributed by atoms with Crippen LogP contribution in [-0.4, -0.2) is 24.1 Å². The third-order valence-corrected chi connectivity index (χ3v) is 6.86. The number of benzene rings is 3. The molecule has 0 spiro atoms. The summed E-state index contributed by atoms with van der Waals surface area (Å²) < 4.78 is 5.30. The van der Waals surface area contributed by atoms with Crippen molar-refractivity contribution in [2.75, 3.05) is 6.61 Å². The van der Waals surface area contributed by atoms with Crippen LogP contribution in [0.25, 0.3) is 0 Å². The molecular weight excluding hydrogens is 438 g/mol. The summed E-state index contributed by atoms with van der Waals surface area (Å²) in [6.07, 6.45) is -0.0115. The summed E-state index contributed by atoms with van der Waals surface area (Å²) in [4.78, 5) is 40.9. The highest BCUT2D eigenvalue weighted by molar-refractivity contribution is 6.03. The maximum Gasteiger partial charge on any atom is 0.326 e. The molecule has 1 saturated carbocycles. The largest absolute Gasteiger partial charge is 0.465 e. The van der Waals surface area contributed by atoms with Gasteiger partial charge < -0.3 is 4.74 Å². The van der Waals surface area contributed by atoms with Crippen molar-refractivity contribution in [3.8, 4) is 6.07 Å². The standard InChI is InChI=1S/C30H27NO4/c1-2-35-29(34)30(20-31)18-24(27(32)22-14-8-4-9-15-22)26(21-12-6-3-7-13-21)25(19-30)28(33)23-16-10-5-11-17-23/h3-17,24-26H,2,18-19H2,1H3/t24-,25-,26?,30?/m1/s1. The van der Waals surface area contributed by atoms with Crippen LogP contribution >= 0.6 is 0 Å². The number of rotatable bonds is 7. The van der Waals surface area contributed by atoms with Crippen LogP contribution in [-0.2, 0) is 9.53 Å². The molecule has 0 saturated heterocycles. The van der Waals surface area contributed by atoms with Crippen LogP contribution in [0.1, 0.15) is 52.0 Å². The molecule has 2 atom stereocenters. The summed E-state index contributed by atoms with van der Waals surface area (Å²) in [7, 11) is 0. The second-order valence-corrected chi connectivity index (χ2v) is 8.93. The van der Waals surface area contributed by atoms with E-state index in [0.717, 1.165) is 5.56 Å². The fourth-order valence-electron chi connectivity index (χ4n) is 5.23. The Morgan fingerprint density at radius 1 is 0.800 bits per heavy atom. The monoisotopic (exact) mass is 465 g/mol. The molecule has 1 fully saturated rings. The Morgan fingerprint density at radius 2 is 1.23 bits per heavy atom. The molecule has 0 amide bonds. The Labute approximate surface area is 205 Å². The fraction of sp³-hybridized carbons (Fsp3) is 0.267. The maximum absolute atomic E-state index is 13.9. The van der Waals surface area contributed by atoms with Crippen molar-refractivity contribution in [2.45, 2.75) is 25.7 Å². The number of carbonyl (C=O) groups is 3. The van der Waals surface area contributed by atoms with Gasteiger partial charge in [-0.05, 0) is 25.3 Å². The molecule has 0 aliphatic heterocycles. The van der Waals surface area contributed by atoms with Gasteiger partial charge in [0.2, 0.25) is 0 Å². The first-order chi connectivity index (χ1) is 17.0. The molecule has 3 aromatic rings. The van der Waals surface area contributed by atoms with Gasteiger partial charge >= 0.3 is 5.97 Å². The number of carbonyl (C=O) groups excluding carboxylic acids is 3. The van der Waals surface area contributed by atoms with E-state index in [1.54, 1.807) is 55.5 Å². The Morgan fingerprint density at radius 3 is 1.63 bits per heavy atom. The van der Waals surface area contributed by atoms with E-state index in [4.69, 9.17) is 4.74 Å². The van der Waals surface area contributed by atoms with Crippen molar-refractivity contribution in [3.05, 3.63) is 108 Å². The predicted molar refractivity (Wildman–Crippen MR) is 132 cm³/mol. The summed E-state index contributed by atoms with van der Waals surface area (Å²) in [6.45, 7) is 1.79. The van der Waals surface area contributed by atoms with E-state index < -0.39 is 29.1 Å². The molecule has 4 rings (SSSR count). The van der Waals surface area contributed by atoms with Gasteiger partial charge in [-0.15, -0.1) is 0 Å². The molecule has 0 radical (unpaired) electrons. The van der Waals surface area contributed by atoms with Crippen molar-refractivity contribution in [1.29, 1.82) is 5.26 Å². The van der Waals surface area contributed by atoms with E-state index in [1.807, 2.05) is 42.5 Å². The highest BCUT2D eigenvalue weighted by atomic mass is 16.5. The smallest absolute Gasteiger partial charge is 0.326 e. The van der Waals surface area contributed by atoms with Crippen molar-refractivity contribution in [1.82, 2.24) is 0 Å². The first-order valence-electron chi connectivity index (χ1n) is 11.8. The molecule has 5 heteroatoms. The minimum absolute atomic E-state index is 0.00576. The van der Waals surface area contributed by atoms with Gasteiger partial charge in [0.15, 0.2) is 17.0 Å². The van der Waals surface area contributed by atoms with Crippen molar-refractivity contribution in [3.63, 3.8) is 0 Å². The van der Waals surface area contributed by atoms with Gasteiger partial charge in [0.05, 0.1) is 12.7 Å². The lowest BCUT2D eigenvalue weighted by Gasteiger charge is -2.43. The average Bonchev–Trinajstić information content (AvgIpc) is 2.93. The Bertz CT molecular complexity index is 1170. The van der Waals surface area contributed by atoms with Gasteiger partial charge in [-0.2, -0.15) is 5.26 Å². The van der Waals surface area contributed by atoms with E-state index in [9.17, 15) is 19.6 Å². The van der Waals surface area contributed by atoms with E-state index in [0.29, 0.717) is 11.1 Å². The van der Waals surface area contributed by atoms with Crippen LogP contribution in [0.3, 0.4) is 0 Å². The summed E-state index contributed by atoms with van der Waals surface area (Å²) >= 11 is 0. The molecule has 0 aromatic heterocycles. The maximum atomic E-state index is 13.9. The number of hydrogen-bond donors (Lipinski definition) is 0. The van der Waals surface area contributed by atoms with Gasteiger partial charge in [0, 0.05) is 28.9 Å². The number of esters is 1. The van der Waals surface area contributed by atoms with Gasteiger partial charge in [0.25, 0.3) is 0 Å². The number of nitriles is 1. The first kappa shape index (κ1) is 24.1. The minimum atomic E-state index is -1.59. The third kappa shape index (κ3) is 4.79. The second-order valence-electron chi connectivity index (χ2n) is 8.93. The average molecular weight is 466 g/mol. The summed E-state index contributed by atoms with van der Waals surface area (Å²) in [5.41, 5.74) is 0.223. The van der Waals surface area contributed by atoms with Gasteiger partial charge in [-0.25, -0.2) is 0 Å². The highest BCUT2D eigenvalue weighted by Crippen LogP contribution is 2.52. The Hall–Kier alpha value is -4.04. The quantitative estimate of drug-likeness (QED) is 0.333. The molecular formula is C30H27NO4. The third-order valence-electron chi connectivity index (χ3n) is 6.86. The van der Waals surface area contributed by atoms with Crippen molar-refractivity contribution >= 4 is 17.5 Å². The normalized spacial score (nSPS) is 23.6. The zero-order chi connectivity index (χ0) is 24.8. The number of hydrogen-bond acceptors (Lipinski definition) is 5. The van der Waals surface area contributed by atoms with Gasteiger partial charge in [0.1, 0.15) is 0 Å². The lowest BCUT2D eigenvalue weighted by molar-refractivity contribution is -0.155. The number of ketones is 2. The fourth-order valence-corrected chi connectivity index (χ4v) is 5.23. The topological polar surface area (TPSA) is 84.2 Å². The van der Waals surface area contributed by atoms with Crippen LogP contribution in [0.15, 0.2) is 91.0 Å². The van der Waals surface area contributed by atoms with Crippen LogP contribution in [0.4, 0.5) is 0 Å². The summed E-state index contributed by atoms with van der Waals surface area (Å²) in [5.74, 6) is -3.05. The number of nitrogens with zero attached hydrogens (tertiary/aromatic N) is 1. The Kier molecular flexibility index (Phi) is 7.22. The van der Waals surface area contributed by atoms with Crippen LogP contribution in [0.2, 0.25) is 0 Å². The summed E-state index contributed by atoms with van der Waals surface area (Å²) in [6, 6.07) is 29.3. The molecule has 0 heterocycles. The Balaban J connectivity index is 1.89. The SMILES string of the molecule is CCOC(=O)C1(C#N)C[C@@H](C(=O)c2ccccc2)C(c2ccccc2)[C@H](C(=O)c2ccccc2)C1. The van der Waals surface area contributed by atoms with Crippen molar-refractivity contribution < 1.29 is 19.1 Å². The molecule has 5 nitrogen and oxygen atoms in total. The predicted octanol–water partition coefficient (Wildman–Crippen LogP) is 5.64. The second kappa shape index (κ2) is 10.5. The van der Waals surface area contributed by atoms with Gasteiger partial charge in [-0.1, -0.05) is 91.0 Å². The zero-order valence-electron chi connectivity index (χ0n) is 19.6. The molecule has 0 bridgehead atoms. The first-order valence-corrected chi connectivity index (χ1v) is 11.8. The van der Waals surface area contributed by atoms with Gasteiger partial charge in [-0.3, -0.25) is 14.4 Å². The van der Waals surface area contributed by atoms with Crippen LogP contribution in [0, 0.1) is 28.6 Å². The number of Topliss-reactive ketones (excluding diaryl/α,β-unsaturated/α-hetero) is 2.